The predicted molar refractivity (Wildman–Crippen MR) is 34.4 cm³/mol. The molecule has 0 radical (unpaired) electrons. The third kappa shape index (κ3) is 2.85. The molecule has 0 bridgehead atoms. The first-order chi connectivity index (χ1) is 3.52. The van der Waals surface area contributed by atoms with Crippen LogP contribution in [0.5, 0.6) is 0 Å². The van der Waals surface area contributed by atoms with Gasteiger partial charge in [-0.05, 0) is 6.92 Å². The molecule has 0 amide bonds. The summed E-state index contributed by atoms with van der Waals surface area (Å²) >= 11 is 0. The fourth-order valence-electron chi connectivity index (χ4n) is 0.527. The van der Waals surface area contributed by atoms with Crippen LogP contribution in [-0.4, -0.2) is 59.5 Å². The van der Waals surface area contributed by atoms with Crippen molar-refractivity contribution >= 4 is 45.3 Å². The number of epoxide rings is 1. The Kier molecular flexibility index (Phi) is 3.66. The standard InChI is InChI=1S/C3H7O4P.Ca.2H/c1-2-3(7-2)8(4,5)6;;;/h2-3H,1H3,(H2,4,5,6);;;/q;+2;2*-1/t2-,3+;;;/m0.../s1. The Morgan fingerprint density at radius 1 is 1.67 bits per heavy atom. The van der Waals surface area contributed by atoms with Gasteiger partial charge in [0, 0.05) is 0 Å². The van der Waals surface area contributed by atoms with Crippen LogP contribution < -0.4 is 0 Å². The van der Waals surface area contributed by atoms with Crippen LogP contribution in [0.1, 0.15) is 9.78 Å². The summed E-state index contributed by atoms with van der Waals surface area (Å²) < 4.78 is 14.7. The van der Waals surface area contributed by atoms with Gasteiger partial charge in [0.25, 0.3) is 0 Å². The molecule has 9 heavy (non-hydrogen) atoms. The van der Waals surface area contributed by atoms with Crippen molar-refractivity contribution in [2.24, 2.45) is 0 Å². The zero-order valence-corrected chi connectivity index (χ0v) is 8.12. The van der Waals surface area contributed by atoms with Crippen molar-refractivity contribution in [3.63, 3.8) is 0 Å². The first kappa shape index (κ1) is 10.4. The zero-order chi connectivity index (χ0) is 6.36. The molecule has 1 aliphatic heterocycles. The molecule has 4 nitrogen and oxygen atoms in total. The molecule has 1 rings (SSSR count). The van der Waals surface area contributed by atoms with Crippen LogP contribution in [0.3, 0.4) is 0 Å². The third-order valence-corrected chi connectivity index (χ3v) is 2.22. The first-order valence-electron chi connectivity index (χ1n) is 2.22. The van der Waals surface area contributed by atoms with Gasteiger partial charge in [0.05, 0.1) is 6.10 Å². The summed E-state index contributed by atoms with van der Waals surface area (Å²) in [6.07, 6.45) is -0.254. The van der Waals surface area contributed by atoms with Crippen LogP contribution >= 0.6 is 7.60 Å². The predicted octanol–water partition coefficient (Wildman–Crippen LogP) is -0.247. The largest absolute Gasteiger partial charge is 2.00 e. The van der Waals surface area contributed by atoms with Gasteiger partial charge in [-0.3, -0.25) is 4.57 Å². The maximum atomic E-state index is 10.2. The normalized spacial score (nSPS) is 33.2. The number of hydrogen-bond acceptors (Lipinski definition) is 2. The summed E-state index contributed by atoms with van der Waals surface area (Å²) in [7, 11) is -3.90. The molecule has 1 fully saturated rings. The maximum absolute atomic E-state index is 10.2. The van der Waals surface area contributed by atoms with Gasteiger partial charge in [-0.15, -0.1) is 0 Å². The van der Waals surface area contributed by atoms with Crippen LogP contribution in [0.2, 0.25) is 0 Å². The topological polar surface area (TPSA) is 70.1 Å². The minimum Gasteiger partial charge on any atom is -1.00 e. The Balaban J connectivity index is -0.000000213. The van der Waals surface area contributed by atoms with Gasteiger partial charge >= 0.3 is 45.3 Å². The van der Waals surface area contributed by atoms with Crippen molar-refractivity contribution in [3.05, 3.63) is 0 Å². The molecular weight excluding hydrogens is 171 g/mol. The van der Waals surface area contributed by atoms with Gasteiger partial charge < -0.3 is 17.4 Å². The first-order valence-corrected chi connectivity index (χ1v) is 3.90. The van der Waals surface area contributed by atoms with Crippen LogP contribution in [0, 0.1) is 0 Å². The van der Waals surface area contributed by atoms with Gasteiger partial charge in [-0.2, -0.15) is 0 Å². The average Bonchev–Trinajstić information content (AvgIpc) is 2.13. The van der Waals surface area contributed by atoms with E-state index in [1.807, 2.05) is 0 Å². The van der Waals surface area contributed by atoms with E-state index < -0.39 is 13.4 Å². The quantitative estimate of drug-likeness (QED) is 0.332. The van der Waals surface area contributed by atoms with Crippen molar-refractivity contribution < 1.29 is 21.9 Å². The molecular formula is C3H9CaO4P. The monoisotopic (exact) mass is 180 g/mol. The number of ether oxygens (including phenoxy) is 1. The van der Waals surface area contributed by atoms with Gasteiger partial charge in [-0.1, -0.05) is 0 Å². The summed E-state index contributed by atoms with van der Waals surface area (Å²) in [6.45, 7) is 1.63. The fourth-order valence-corrected chi connectivity index (χ4v) is 1.42. The third-order valence-electron chi connectivity index (χ3n) is 1.01. The summed E-state index contributed by atoms with van der Waals surface area (Å²) in [5.74, 6) is -0.817. The summed E-state index contributed by atoms with van der Waals surface area (Å²) in [6, 6.07) is 0. The Morgan fingerprint density at radius 3 is 2.00 bits per heavy atom. The number of hydrogen-bond donors (Lipinski definition) is 2. The molecule has 2 atom stereocenters. The van der Waals surface area contributed by atoms with E-state index in [2.05, 4.69) is 4.74 Å². The van der Waals surface area contributed by atoms with Crippen molar-refractivity contribution in [3.8, 4) is 0 Å². The van der Waals surface area contributed by atoms with Crippen molar-refractivity contribution in [1.29, 1.82) is 0 Å². The molecule has 2 N–H and O–H groups in total. The Labute approximate surface area is 85.7 Å². The van der Waals surface area contributed by atoms with Gasteiger partial charge in [-0.25, -0.2) is 0 Å². The molecule has 0 aromatic rings. The molecule has 1 saturated heterocycles. The molecule has 6 heteroatoms. The maximum Gasteiger partial charge on any atom is 2.00 e. The second kappa shape index (κ2) is 3.18. The Bertz CT molecular complexity index is 150. The number of rotatable bonds is 1. The zero-order valence-electron chi connectivity index (χ0n) is 7.02. The van der Waals surface area contributed by atoms with E-state index in [1.54, 1.807) is 6.92 Å². The van der Waals surface area contributed by atoms with Crippen molar-refractivity contribution in [2.75, 3.05) is 0 Å². The van der Waals surface area contributed by atoms with Crippen LogP contribution in [0.4, 0.5) is 0 Å². The van der Waals surface area contributed by atoms with E-state index >= 15 is 0 Å². The summed E-state index contributed by atoms with van der Waals surface area (Å²) in [5, 5.41) is 0. The van der Waals surface area contributed by atoms with Crippen LogP contribution in [0.15, 0.2) is 0 Å². The minimum atomic E-state index is -3.90. The van der Waals surface area contributed by atoms with Gasteiger partial charge in [0.2, 0.25) is 0 Å². The SMILES string of the molecule is C[C@@H]1O[C@@H]1P(=O)(O)O.[Ca+2].[H-].[H-]. The van der Waals surface area contributed by atoms with E-state index in [0.717, 1.165) is 0 Å². The Hall–Kier alpha value is 1.37. The van der Waals surface area contributed by atoms with Crippen molar-refractivity contribution in [1.82, 2.24) is 0 Å². The molecule has 1 heterocycles. The smallest absolute Gasteiger partial charge is 1.00 e. The average molecular weight is 180 g/mol. The van der Waals surface area contributed by atoms with E-state index in [-0.39, 0.29) is 46.7 Å². The molecule has 0 aromatic heterocycles. The van der Waals surface area contributed by atoms with Gasteiger partial charge in [0.15, 0.2) is 5.85 Å². The molecule has 0 unspecified atom stereocenters. The molecule has 0 spiro atoms. The van der Waals surface area contributed by atoms with Crippen LogP contribution in [0.25, 0.3) is 0 Å². The molecule has 0 saturated carbocycles. The van der Waals surface area contributed by atoms with E-state index in [9.17, 15) is 4.57 Å². The van der Waals surface area contributed by atoms with E-state index in [0.29, 0.717) is 0 Å². The Morgan fingerprint density at radius 2 is 2.00 bits per heavy atom. The van der Waals surface area contributed by atoms with Crippen molar-refractivity contribution in [2.45, 2.75) is 18.9 Å². The molecule has 52 valence electrons. The van der Waals surface area contributed by atoms with E-state index in [4.69, 9.17) is 9.79 Å². The molecule has 0 aromatic carbocycles. The molecule has 1 aliphatic rings. The molecule has 0 aliphatic carbocycles. The summed E-state index contributed by atoms with van der Waals surface area (Å²) in [4.78, 5) is 16.6. The fraction of sp³-hybridized carbons (Fsp3) is 1.00. The van der Waals surface area contributed by atoms with E-state index in [1.165, 1.54) is 0 Å². The summed E-state index contributed by atoms with van der Waals surface area (Å²) in [5.41, 5.74) is 0. The second-order valence-electron chi connectivity index (χ2n) is 1.82. The minimum absolute atomic E-state index is 0. The second-order valence-corrected chi connectivity index (χ2v) is 3.51. The van der Waals surface area contributed by atoms with Crippen LogP contribution in [-0.2, 0) is 9.30 Å². The van der Waals surface area contributed by atoms with Gasteiger partial charge in [0.1, 0.15) is 0 Å².